The Balaban J connectivity index is 2.24. The molecule has 0 saturated carbocycles. The summed E-state index contributed by atoms with van der Waals surface area (Å²) in [5.41, 5.74) is 6.65. The topological polar surface area (TPSA) is 94.2 Å². The first-order valence-electron chi connectivity index (χ1n) is 5.39. The Bertz CT molecular complexity index is 860. The molecule has 4 rings (SSSR count). The molecule has 0 amide bonds. The third kappa shape index (κ3) is 1.35. The molecule has 0 aliphatic carbocycles. The smallest absolute Gasteiger partial charge is 0.367 e. The van der Waals surface area contributed by atoms with E-state index in [0.29, 0.717) is 11.4 Å². The van der Waals surface area contributed by atoms with Gasteiger partial charge in [-0.3, -0.25) is 0 Å². The third-order valence-corrected chi connectivity index (χ3v) is 3.69. The van der Waals surface area contributed by atoms with Crippen LogP contribution < -0.4 is 15.0 Å². The Morgan fingerprint density at radius 1 is 1.21 bits per heavy atom. The van der Waals surface area contributed by atoms with Gasteiger partial charge in [-0.25, -0.2) is 4.99 Å². The summed E-state index contributed by atoms with van der Waals surface area (Å²) in [4.78, 5) is 4.14. The minimum absolute atomic E-state index is 0.0562. The van der Waals surface area contributed by atoms with Gasteiger partial charge in [0.2, 0.25) is 5.96 Å². The van der Waals surface area contributed by atoms with Gasteiger partial charge in [-0.1, -0.05) is 18.2 Å². The lowest BCUT2D eigenvalue weighted by Crippen LogP contribution is -2.42. The molecule has 2 aliphatic rings. The minimum Gasteiger partial charge on any atom is -0.367 e. The van der Waals surface area contributed by atoms with Crippen molar-refractivity contribution in [1.82, 2.24) is 0 Å². The number of benzene rings is 2. The van der Waals surface area contributed by atoms with Gasteiger partial charge in [0.15, 0.2) is 5.75 Å². The van der Waals surface area contributed by atoms with E-state index >= 15 is 0 Å². The number of anilines is 1. The average molecular weight is 277 g/mol. The summed E-state index contributed by atoms with van der Waals surface area (Å²) in [6.45, 7) is 0. The van der Waals surface area contributed by atoms with Gasteiger partial charge >= 0.3 is 10.4 Å². The zero-order valence-corrected chi connectivity index (χ0v) is 10.2. The highest BCUT2D eigenvalue weighted by molar-refractivity contribution is 7.82. The maximum absolute atomic E-state index is 11.7. The maximum atomic E-state index is 11.7. The standard InChI is InChI=1S/C11H7N3O4S/c12-11-13-10-8-5-4-6-2-1-3-7(9(6)10)14(11)18-19(15,16)17-8/h1-5H,(H2,12,13). The molecular formula is C11H7N3O4S. The highest BCUT2D eigenvalue weighted by Crippen LogP contribution is 2.46. The van der Waals surface area contributed by atoms with Crippen LogP contribution in [0.4, 0.5) is 11.4 Å². The lowest BCUT2D eigenvalue weighted by Gasteiger charge is -2.29. The van der Waals surface area contributed by atoms with Crippen molar-refractivity contribution in [3.8, 4) is 5.75 Å². The number of nitrogens with zero attached hydrogens (tertiary/aromatic N) is 2. The van der Waals surface area contributed by atoms with Crippen molar-refractivity contribution in [2.24, 2.45) is 10.7 Å². The summed E-state index contributed by atoms with van der Waals surface area (Å²) in [6, 6.07) is 8.66. The second-order valence-electron chi connectivity index (χ2n) is 4.12. The van der Waals surface area contributed by atoms with Crippen LogP contribution >= 0.6 is 0 Å². The minimum atomic E-state index is -4.23. The molecule has 2 aromatic carbocycles. The SMILES string of the molecule is NC1=Nc2c3ccc4cccc(c24)N1OS(=O)(=O)O3. The first kappa shape index (κ1) is 10.6. The molecule has 2 heterocycles. The van der Waals surface area contributed by atoms with Gasteiger partial charge in [0, 0.05) is 5.39 Å². The van der Waals surface area contributed by atoms with Crippen LogP contribution in [0, 0.1) is 0 Å². The van der Waals surface area contributed by atoms with Crippen molar-refractivity contribution >= 4 is 38.5 Å². The molecule has 0 fully saturated rings. The number of aliphatic imine (C=N–C) groups is 1. The van der Waals surface area contributed by atoms with E-state index in [1.54, 1.807) is 18.2 Å². The normalized spacial score (nSPS) is 18.9. The van der Waals surface area contributed by atoms with Gasteiger partial charge < -0.3 is 9.92 Å². The quantitative estimate of drug-likeness (QED) is 0.777. The molecule has 19 heavy (non-hydrogen) atoms. The van der Waals surface area contributed by atoms with E-state index in [1.165, 1.54) is 6.07 Å². The number of hydrogen-bond acceptors (Lipinski definition) is 7. The van der Waals surface area contributed by atoms with Crippen LogP contribution in [0.1, 0.15) is 0 Å². The Kier molecular flexibility index (Phi) is 1.76. The number of hydroxylamine groups is 1. The zero-order chi connectivity index (χ0) is 13.2. The fraction of sp³-hybridized carbons (Fsp3) is 0. The summed E-state index contributed by atoms with van der Waals surface area (Å²) >= 11 is 0. The summed E-state index contributed by atoms with van der Waals surface area (Å²) in [5.74, 6) is 0.0431. The van der Waals surface area contributed by atoms with E-state index in [4.69, 9.17) is 14.2 Å². The predicted molar refractivity (Wildman–Crippen MR) is 68.3 cm³/mol. The number of rotatable bonds is 0. The number of guanidine groups is 1. The van der Waals surface area contributed by atoms with Crippen LogP contribution in [0.3, 0.4) is 0 Å². The van der Waals surface area contributed by atoms with E-state index in [1.807, 2.05) is 6.07 Å². The van der Waals surface area contributed by atoms with Crippen molar-refractivity contribution in [3.05, 3.63) is 30.3 Å². The van der Waals surface area contributed by atoms with Gasteiger partial charge in [-0.2, -0.15) is 13.5 Å². The molecule has 0 saturated heterocycles. The average Bonchev–Trinajstić information content (AvgIpc) is 2.35. The molecule has 2 aromatic rings. The van der Waals surface area contributed by atoms with E-state index in [-0.39, 0.29) is 11.7 Å². The molecule has 2 N–H and O–H groups in total. The molecule has 0 spiro atoms. The molecule has 96 valence electrons. The van der Waals surface area contributed by atoms with Crippen LogP contribution in [0.15, 0.2) is 35.3 Å². The largest absolute Gasteiger partial charge is 0.471 e. The second kappa shape index (κ2) is 3.16. The summed E-state index contributed by atoms with van der Waals surface area (Å²) in [6.07, 6.45) is 0. The highest BCUT2D eigenvalue weighted by atomic mass is 32.3. The van der Waals surface area contributed by atoms with Crippen molar-refractivity contribution in [1.29, 1.82) is 0 Å². The fourth-order valence-corrected chi connectivity index (χ4v) is 2.97. The molecule has 0 aromatic heterocycles. The Morgan fingerprint density at radius 3 is 2.89 bits per heavy atom. The fourth-order valence-electron chi connectivity index (χ4n) is 2.25. The molecule has 0 atom stereocenters. The molecule has 8 heteroatoms. The van der Waals surface area contributed by atoms with Crippen LogP contribution in [0.2, 0.25) is 0 Å². The monoisotopic (exact) mass is 277 g/mol. The van der Waals surface area contributed by atoms with Crippen molar-refractivity contribution in [2.75, 3.05) is 5.06 Å². The van der Waals surface area contributed by atoms with Gasteiger partial charge in [0.05, 0.1) is 5.69 Å². The maximum Gasteiger partial charge on any atom is 0.471 e. The molecule has 7 nitrogen and oxygen atoms in total. The van der Waals surface area contributed by atoms with Crippen molar-refractivity contribution < 1.29 is 16.9 Å². The lowest BCUT2D eigenvalue weighted by atomic mass is 10.0. The van der Waals surface area contributed by atoms with Crippen LogP contribution in [0.25, 0.3) is 10.8 Å². The van der Waals surface area contributed by atoms with Crippen molar-refractivity contribution in [3.63, 3.8) is 0 Å². The Morgan fingerprint density at radius 2 is 2.05 bits per heavy atom. The molecule has 4 bridgehead atoms. The first-order chi connectivity index (χ1) is 9.05. The van der Waals surface area contributed by atoms with Crippen LogP contribution in [0.5, 0.6) is 5.75 Å². The number of nitrogens with two attached hydrogens (primary N) is 1. The van der Waals surface area contributed by atoms with Crippen LogP contribution in [-0.4, -0.2) is 14.4 Å². The van der Waals surface area contributed by atoms with E-state index in [0.717, 1.165) is 15.8 Å². The predicted octanol–water partition coefficient (Wildman–Crippen LogP) is 1.17. The molecule has 2 aliphatic heterocycles. The molecule has 0 unspecified atom stereocenters. The van der Waals surface area contributed by atoms with Gasteiger partial charge in [-0.15, -0.1) is 4.28 Å². The third-order valence-electron chi connectivity index (χ3n) is 2.97. The van der Waals surface area contributed by atoms with Gasteiger partial charge in [-0.05, 0) is 17.5 Å². The number of hydrogen-bond donors (Lipinski definition) is 1. The lowest BCUT2D eigenvalue weighted by molar-refractivity contribution is 0.280. The Hall–Kier alpha value is -2.32. The molecular weight excluding hydrogens is 270 g/mol. The highest BCUT2D eigenvalue weighted by Gasteiger charge is 2.33. The van der Waals surface area contributed by atoms with E-state index in [2.05, 4.69) is 4.99 Å². The summed E-state index contributed by atoms with van der Waals surface area (Å²) in [7, 11) is -4.23. The van der Waals surface area contributed by atoms with E-state index < -0.39 is 10.4 Å². The van der Waals surface area contributed by atoms with Gasteiger partial charge in [0.25, 0.3) is 0 Å². The Labute approximate surface area is 108 Å². The van der Waals surface area contributed by atoms with Crippen LogP contribution in [-0.2, 0) is 14.7 Å². The van der Waals surface area contributed by atoms with Crippen molar-refractivity contribution in [2.45, 2.75) is 0 Å². The zero-order valence-electron chi connectivity index (χ0n) is 9.40. The summed E-state index contributed by atoms with van der Waals surface area (Å²) < 4.78 is 33.1. The van der Waals surface area contributed by atoms with Gasteiger partial charge in [0.1, 0.15) is 5.69 Å². The second-order valence-corrected chi connectivity index (χ2v) is 5.25. The molecule has 0 radical (unpaired) electrons. The van der Waals surface area contributed by atoms with E-state index in [9.17, 15) is 8.42 Å². The first-order valence-corrected chi connectivity index (χ1v) is 6.72. The summed E-state index contributed by atoms with van der Waals surface area (Å²) in [5, 5.41) is 2.58.